The second-order valence-electron chi connectivity index (χ2n) is 13.4. The van der Waals surface area contributed by atoms with Crippen molar-refractivity contribution in [1.29, 1.82) is 0 Å². The minimum Gasteiger partial charge on any atom is -0.495 e. The van der Waals surface area contributed by atoms with Gasteiger partial charge in [-0.2, -0.15) is 8.42 Å². The summed E-state index contributed by atoms with van der Waals surface area (Å²) in [6.45, 7) is 7.95. The lowest BCUT2D eigenvalue weighted by molar-refractivity contribution is -0.141. The lowest BCUT2D eigenvalue weighted by atomic mass is 9.49. The van der Waals surface area contributed by atoms with Crippen LogP contribution in [0.4, 0.5) is 5.69 Å². The highest BCUT2D eigenvalue weighted by molar-refractivity contribution is 7.85. The van der Waals surface area contributed by atoms with Gasteiger partial charge in [0.1, 0.15) is 11.8 Å². The molecule has 5 rings (SSSR count). The van der Waals surface area contributed by atoms with Crippen molar-refractivity contribution in [2.45, 2.75) is 88.5 Å². The van der Waals surface area contributed by atoms with Crippen molar-refractivity contribution >= 4 is 27.6 Å². The number of fused-ring (bicyclic) bond motifs is 3. The zero-order chi connectivity index (χ0) is 32.6. The van der Waals surface area contributed by atoms with Crippen LogP contribution in [-0.2, 0) is 38.0 Å². The van der Waals surface area contributed by atoms with Crippen molar-refractivity contribution in [2.75, 3.05) is 12.4 Å². The average molecular weight is 633 g/mol. The fourth-order valence-electron chi connectivity index (χ4n) is 7.81. The third-order valence-corrected chi connectivity index (χ3v) is 11.1. The Morgan fingerprint density at radius 2 is 1.71 bits per heavy atom. The number of hydrogen-bond acceptors (Lipinski definition) is 5. The largest absolute Gasteiger partial charge is 0.495 e. The Morgan fingerprint density at radius 3 is 2.38 bits per heavy atom. The van der Waals surface area contributed by atoms with Gasteiger partial charge in [0, 0.05) is 6.42 Å². The van der Waals surface area contributed by atoms with Crippen LogP contribution in [0.2, 0.25) is 0 Å². The van der Waals surface area contributed by atoms with Crippen LogP contribution in [0, 0.1) is 11.3 Å². The van der Waals surface area contributed by atoms with Gasteiger partial charge in [-0.25, -0.2) is 0 Å². The summed E-state index contributed by atoms with van der Waals surface area (Å²) in [6.07, 6.45) is 3.97. The van der Waals surface area contributed by atoms with Gasteiger partial charge in [0.25, 0.3) is 10.1 Å². The molecule has 0 aliphatic heterocycles. The molecule has 2 amide bonds. The maximum atomic E-state index is 14.4. The summed E-state index contributed by atoms with van der Waals surface area (Å²) in [5.74, 6) is -0.182. The smallest absolute Gasteiger partial charge is 0.294 e. The maximum Gasteiger partial charge on any atom is 0.294 e. The number of ether oxygens (including phenoxy) is 1. The Bertz CT molecular complexity index is 1690. The van der Waals surface area contributed by atoms with Crippen molar-refractivity contribution in [3.63, 3.8) is 0 Å². The van der Waals surface area contributed by atoms with Crippen molar-refractivity contribution in [1.82, 2.24) is 5.32 Å². The molecule has 3 aromatic rings. The van der Waals surface area contributed by atoms with Crippen LogP contribution in [0.5, 0.6) is 5.75 Å². The molecule has 8 nitrogen and oxygen atoms in total. The van der Waals surface area contributed by atoms with E-state index in [1.54, 1.807) is 25.3 Å². The van der Waals surface area contributed by atoms with Crippen molar-refractivity contribution in [3.8, 4) is 5.75 Å². The molecule has 1 fully saturated rings. The Morgan fingerprint density at radius 1 is 1.02 bits per heavy atom. The van der Waals surface area contributed by atoms with Crippen LogP contribution in [-0.4, -0.2) is 37.9 Å². The normalized spacial score (nSPS) is 23.4. The molecule has 0 spiro atoms. The molecule has 0 heterocycles. The first kappa shape index (κ1) is 32.7. The van der Waals surface area contributed by atoms with Crippen LogP contribution in [0.15, 0.2) is 71.6 Å². The van der Waals surface area contributed by atoms with Crippen LogP contribution >= 0.6 is 0 Å². The number of anilines is 1. The van der Waals surface area contributed by atoms with Gasteiger partial charge in [0.15, 0.2) is 0 Å². The maximum absolute atomic E-state index is 14.4. The molecule has 1 saturated carbocycles. The van der Waals surface area contributed by atoms with Crippen LogP contribution in [0.25, 0.3) is 0 Å². The topological polar surface area (TPSA) is 122 Å². The quantitative estimate of drug-likeness (QED) is 0.234. The molecular formula is C36H44N2O6S. The SMILES string of the molecule is COc1ccccc1NC(=O)[C@H](Cc1ccccc1)NC(=O)[C@]1(C)CCC[C@]2(C)c3cc(S(=O)(=O)O)c(C(C)C)cc3CC[C@@H]12. The fraction of sp³-hybridized carbons (Fsp3) is 0.444. The molecule has 3 aromatic carbocycles. The number of para-hydroxylation sites is 2. The van der Waals surface area contributed by atoms with Gasteiger partial charge >= 0.3 is 0 Å². The average Bonchev–Trinajstić information content (AvgIpc) is 3.00. The molecule has 0 aromatic heterocycles. The molecule has 3 N–H and O–H groups in total. The van der Waals surface area contributed by atoms with Gasteiger partial charge in [-0.15, -0.1) is 0 Å². The second kappa shape index (κ2) is 12.6. The Kier molecular flexibility index (Phi) is 9.16. The Hall–Kier alpha value is -3.69. The first-order valence-corrected chi connectivity index (χ1v) is 17.2. The summed E-state index contributed by atoms with van der Waals surface area (Å²) in [7, 11) is -2.90. The van der Waals surface area contributed by atoms with Crippen molar-refractivity contribution in [3.05, 3.63) is 89.0 Å². The molecule has 0 bridgehead atoms. The Balaban J connectivity index is 1.48. The molecule has 9 heteroatoms. The highest BCUT2D eigenvalue weighted by Crippen LogP contribution is 2.58. The van der Waals surface area contributed by atoms with E-state index in [2.05, 4.69) is 17.6 Å². The summed E-state index contributed by atoms with van der Waals surface area (Å²) in [5.41, 5.74) is 2.73. The van der Waals surface area contributed by atoms with Gasteiger partial charge < -0.3 is 15.4 Å². The molecule has 0 saturated heterocycles. The Labute approximate surface area is 266 Å². The molecule has 4 atom stereocenters. The third-order valence-electron chi connectivity index (χ3n) is 10.2. The second-order valence-corrected chi connectivity index (χ2v) is 14.8. The highest BCUT2D eigenvalue weighted by atomic mass is 32.2. The monoisotopic (exact) mass is 632 g/mol. The van der Waals surface area contributed by atoms with Gasteiger partial charge in [0.2, 0.25) is 11.8 Å². The van der Waals surface area contributed by atoms with E-state index in [-0.39, 0.29) is 28.5 Å². The summed E-state index contributed by atoms with van der Waals surface area (Å²) >= 11 is 0. The predicted octanol–water partition coefficient (Wildman–Crippen LogP) is 6.44. The number of rotatable bonds is 9. The van der Waals surface area contributed by atoms with E-state index in [0.29, 0.717) is 36.3 Å². The first-order valence-electron chi connectivity index (χ1n) is 15.7. The van der Waals surface area contributed by atoms with Gasteiger partial charge in [0.05, 0.1) is 23.1 Å². The number of benzene rings is 3. The van der Waals surface area contributed by atoms with Crippen LogP contribution in [0.1, 0.15) is 81.5 Å². The van der Waals surface area contributed by atoms with E-state index in [1.807, 2.05) is 69.3 Å². The summed E-state index contributed by atoms with van der Waals surface area (Å²) in [5, 5.41) is 6.09. The molecule has 45 heavy (non-hydrogen) atoms. The summed E-state index contributed by atoms with van der Waals surface area (Å²) in [4.78, 5) is 28.2. The molecule has 0 unspecified atom stereocenters. The molecule has 2 aliphatic rings. The number of carbonyl (C=O) groups excluding carboxylic acids is 2. The standard InChI is InChI=1S/C36H44N2O6S/c1-23(2)26-21-25-16-17-32-35(3,27(25)22-31(26)45(41,42)43)18-11-19-36(32,4)34(40)38-29(20-24-12-7-6-8-13-24)33(39)37-28-14-9-10-15-30(28)44-5/h6-10,12-15,21-23,29,32H,11,16-20H2,1-5H3,(H,37,39)(H,38,40)(H,41,42,43)/t29-,32+,35+,36+/m0/s1. The number of methoxy groups -OCH3 is 1. The van der Waals surface area contributed by atoms with Gasteiger partial charge in [-0.1, -0.05) is 82.6 Å². The zero-order valence-electron chi connectivity index (χ0n) is 26.7. The van der Waals surface area contributed by atoms with Gasteiger partial charge in [-0.05, 0) is 83.4 Å². The molecular weight excluding hydrogens is 588 g/mol. The zero-order valence-corrected chi connectivity index (χ0v) is 27.5. The van der Waals surface area contributed by atoms with Crippen LogP contribution < -0.4 is 15.4 Å². The van der Waals surface area contributed by atoms with E-state index in [1.165, 1.54) is 0 Å². The minimum atomic E-state index is -4.44. The number of carbonyl (C=O) groups is 2. The number of aryl methyl sites for hydroxylation is 1. The fourth-order valence-corrected chi connectivity index (χ4v) is 8.67. The minimum absolute atomic E-state index is 0.0502. The van der Waals surface area contributed by atoms with E-state index in [9.17, 15) is 22.6 Å². The van der Waals surface area contributed by atoms with E-state index >= 15 is 0 Å². The summed E-state index contributed by atoms with van der Waals surface area (Å²) < 4.78 is 40.6. The van der Waals surface area contributed by atoms with Gasteiger partial charge in [-0.3, -0.25) is 14.1 Å². The number of amides is 2. The summed E-state index contributed by atoms with van der Waals surface area (Å²) in [6, 6.07) is 19.5. The third kappa shape index (κ3) is 6.38. The molecule has 0 radical (unpaired) electrons. The van der Waals surface area contributed by atoms with Crippen molar-refractivity contribution in [2.24, 2.45) is 11.3 Å². The van der Waals surface area contributed by atoms with E-state index in [0.717, 1.165) is 36.0 Å². The number of nitrogens with one attached hydrogen (secondary N) is 2. The number of hydrogen-bond donors (Lipinski definition) is 3. The lowest BCUT2D eigenvalue weighted by Gasteiger charge is -2.54. The highest BCUT2D eigenvalue weighted by Gasteiger charge is 2.55. The molecule has 2 aliphatic carbocycles. The molecule has 240 valence electrons. The van der Waals surface area contributed by atoms with Crippen molar-refractivity contribution < 1.29 is 27.3 Å². The van der Waals surface area contributed by atoms with E-state index < -0.39 is 27.0 Å². The van der Waals surface area contributed by atoms with E-state index in [4.69, 9.17) is 4.74 Å². The van der Waals surface area contributed by atoms with Crippen LogP contribution in [0.3, 0.4) is 0 Å². The predicted molar refractivity (Wildman–Crippen MR) is 175 cm³/mol. The first-order chi connectivity index (χ1) is 21.3. The lowest BCUT2D eigenvalue weighted by Crippen LogP contribution is -2.58.